The highest BCUT2D eigenvalue weighted by Crippen LogP contribution is 1.95. The van der Waals surface area contributed by atoms with Gasteiger partial charge in [-0.3, -0.25) is 4.79 Å². The van der Waals surface area contributed by atoms with Gasteiger partial charge in [-0.15, -0.1) is 0 Å². The summed E-state index contributed by atoms with van der Waals surface area (Å²) < 4.78 is 0. The minimum absolute atomic E-state index is 0.0730. The first-order chi connectivity index (χ1) is 6.68. The van der Waals surface area contributed by atoms with Crippen LogP contribution < -0.4 is 5.32 Å². The van der Waals surface area contributed by atoms with E-state index in [1.54, 1.807) is 6.20 Å². The minimum atomic E-state index is -0.0730. The van der Waals surface area contributed by atoms with Gasteiger partial charge in [-0.2, -0.15) is 0 Å². The maximum absolute atomic E-state index is 10.5. The molecule has 0 spiro atoms. The summed E-state index contributed by atoms with van der Waals surface area (Å²) >= 11 is 0. The highest BCUT2D eigenvalue weighted by Gasteiger charge is 1.87. The first kappa shape index (κ1) is 10.3. The van der Waals surface area contributed by atoms with Crippen molar-refractivity contribution in [3.8, 4) is 11.8 Å². The molecule has 0 aromatic carbocycles. The van der Waals surface area contributed by atoms with Crippen molar-refractivity contribution in [1.82, 2.24) is 10.3 Å². The second kappa shape index (κ2) is 5.03. The molecule has 72 valence electrons. The molecule has 0 unspecified atom stereocenters. The third kappa shape index (κ3) is 3.72. The van der Waals surface area contributed by atoms with Crippen LogP contribution in [-0.2, 0) is 4.79 Å². The van der Waals surface area contributed by atoms with Crippen molar-refractivity contribution < 1.29 is 4.79 Å². The van der Waals surface area contributed by atoms with Crippen molar-refractivity contribution in [3.63, 3.8) is 0 Å². The second-order valence-corrected chi connectivity index (χ2v) is 2.93. The zero-order valence-corrected chi connectivity index (χ0v) is 8.29. The van der Waals surface area contributed by atoms with Gasteiger partial charge in [-0.1, -0.05) is 12.0 Å². The molecule has 0 bridgehead atoms. The molecule has 1 heterocycles. The molecule has 0 aliphatic carbocycles. The van der Waals surface area contributed by atoms with Crippen molar-refractivity contribution in [1.29, 1.82) is 0 Å². The molecule has 1 amide bonds. The molecule has 14 heavy (non-hydrogen) atoms. The fourth-order valence-corrected chi connectivity index (χ4v) is 0.845. The maximum Gasteiger partial charge on any atom is 0.217 e. The zero-order valence-electron chi connectivity index (χ0n) is 8.29. The number of nitrogens with one attached hydrogen (secondary N) is 1. The van der Waals surface area contributed by atoms with Gasteiger partial charge in [0.2, 0.25) is 5.91 Å². The Labute approximate surface area is 83.6 Å². The van der Waals surface area contributed by atoms with Gasteiger partial charge in [-0.25, -0.2) is 4.98 Å². The number of hydrogen-bond acceptors (Lipinski definition) is 2. The van der Waals surface area contributed by atoms with Crippen LogP contribution >= 0.6 is 0 Å². The van der Waals surface area contributed by atoms with Crippen LogP contribution in [0.25, 0.3) is 0 Å². The standard InChI is InChI=1S/C11H12N2O/c1-9-5-6-11(13-8-9)4-3-7-12-10(2)14/h5-6,8H,7H2,1-2H3,(H,12,14). The van der Waals surface area contributed by atoms with Gasteiger partial charge in [0, 0.05) is 13.1 Å². The van der Waals surface area contributed by atoms with Gasteiger partial charge >= 0.3 is 0 Å². The first-order valence-corrected chi connectivity index (χ1v) is 4.34. The average Bonchev–Trinajstić information content (AvgIpc) is 2.15. The van der Waals surface area contributed by atoms with Gasteiger partial charge < -0.3 is 5.32 Å². The molecule has 0 aliphatic heterocycles. The van der Waals surface area contributed by atoms with Crippen LogP contribution in [0.4, 0.5) is 0 Å². The summed E-state index contributed by atoms with van der Waals surface area (Å²) in [6.07, 6.45) is 1.77. The Morgan fingerprint density at radius 3 is 2.93 bits per heavy atom. The van der Waals surface area contributed by atoms with Gasteiger partial charge in [0.15, 0.2) is 0 Å². The highest BCUT2D eigenvalue weighted by molar-refractivity contribution is 5.73. The molecular formula is C11H12N2O. The highest BCUT2D eigenvalue weighted by atomic mass is 16.1. The van der Waals surface area contributed by atoms with Crippen LogP contribution in [0.1, 0.15) is 18.2 Å². The van der Waals surface area contributed by atoms with E-state index in [1.807, 2.05) is 19.1 Å². The average molecular weight is 188 g/mol. The molecule has 0 fully saturated rings. The summed E-state index contributed by atoms with van der Waals surface area (Å²) in [5.41, 5.74) is 1.83. The Morgan fingerprint density at radius 1 is 1.57 bits per heavy atom. The molecule has 3 heteroatoms. The molecule has 0 atom stereocenters. The molecule has 0 radical (unpaired) electrons. The fourth-order valence-electron chi connectivity index (χ4n) is 0.845. The lowest BCUT2D eigenvalue weighted by Gasteiger charge is -1.92. The molecule has 1 aromatic heterocycles. The maximum atomic E-state index is 10.5. The minimum Gasteiger partial charge on any atom is -0.345 e. The van der Waals surface area contributed by atoms with E-state index in [1.165, 1.54) is 6.92 Å². The Morgan fingerprint density at radius 2 is 2.36 bits per heavy atom. The van der Waals surface area contributed by atoms with E-state index in [9.17, 15) is 4.79 Å². The van der Waals surface area contributed by atoms with Crippen molar-refractivity contribution in [2.45, 2.75) is 13.8 Å². The lowest BCUT2D eigenvalue weighted by molar-refractivity contribution is -0.118. The third-order valence-electron chi connectivity index (χ3n) is 1.55. The van der Waals surface area contributed by atoms with Crippen LogP contribution in [-0.4, -0.2) is 17.4 Å². The number of aromatic nitrogens is 1. The third-order valence-corrected chi connectivity index (χ3v) is 1.55. The number of carbonyl (C=O) groups is 1. The van der Waals surface area contributed by atoms with E-state index in [2.05, 4.69) is 22.1 Å². The van der Waals surface area contributed by atoms with E-state index in [0.717, 1.165) is 11.3 Å². The number of pyridine rings is 1. The zero-order chi connectivity index (χ0) is 10.4. The summed E-state index contributed by atoms with van der Waals surface area (Å²) in [5, 5.41) is 2.59. The number of aryl methyl sites for hydroxylation is 1. The van der Waals surface area contributed by atoms with Gasteiger partial charge in [0.1, 0.15) is 5.69 Å². The van der Waals surface area contributed by atoms with Crippen LogP contribution in [0.2, 0.25) is 0 Å². The Bertz CT molecular complexity index is 371. The van der Waals surface area contributed by atoms with Gasteiger partial charge in [0.25, 0.3) is 0 Å². The van der Waals surface area contributed by atoms with E-state index in [-0.39, 0.29) is 5.91 Å². The smallest absolute Gasteiger partial charge is 0.217 e. The quantitative estimate of drug-likeness (QED) is 0.665. The molecule has 1 aromatic rings. The van der Waals surface area contributed by atoms with Gasteiger partial charge in [0.05, 0.1) is 6.54 Å². The number of rotatable bonds is 1. The predicted octanol–water partition coefficient (Wildman–Crippen LogP) is 0.878. The molecule has 1 N–H and O–H groups in total. The first-order valence-electron chi connectivity index (χ1n) is 4.34. The fraction of sp³-hybridized carbons (Fsp3) is 0.273. The van der Waals surface area contributed by atoms with Crippen molar-refractivity contribution in [2.75, 3.05) is 6.54 Å². The number of carbonyl (C=O) groups excluding carboxylic acids is 1. The Balaban J connectivity index is 2.51. The van der Waals surface area contributed by atoms with E-state index >= 15 is 0 Å². The molecule has 1 rings (SSSR count). The molecule has 0 saturated carbocycles. The van der Waals surface area contributed by atoms with Crippen molar-refractivity contribution in [3.05, 3.63) is 29.6 Å². The topological polar surface area (TPSA) is 42.0 Å². The SMILES string of the molecule is CC(=O)NCC#Cc1ccc(C)cn1. The lowest BCUT2D eigenvalue weighted by atomic mass is 10.3. The Kier molecular flexibility index (Phi) is 3.69. The summed E-state index contributed by atoms with van der Waals surface area (Å²) in [5.74, 6) is 5.59. The number of nitrogens with zero attached hydrogens (tertiary/aromatic N) is 1. The normalized spacial score (nSPS) is 8.71. The summed E-state index contributed by atoms with van der Waals surface area (Å²) in [4.78, 5) is 14.6. The van der Waals surface area contributed by atoms with Crippen LogP contribution in [0.15, 0.2) is 18.3 Å². The summed E-state index contributed by atoms with van der Waals surface area (Å²) in [6, 6.07) is 3.81. The summed E-state index contributed by atoms with van der Waals surface area (Å²) in [7, 11) is 0. The number of hydrogen-bond donors (Lipinski definition) is 1. The lowest BCUT2D eigenvalue weighted by Crippen LogP contribution is -2.19. The van der Waals surface area contributed by atoms with E-state index in [4.69, 9.17) is 0 Å². The second-order valence-electron chi connectivity index (χ2n) is 2.93. The molecule has 0 aliphatic rings. The summed E-state index contributed by atoms with van der Waals surface area (Å²) in [6.45, 7) is 3.80. The predicted molar refractivity (Wildman–Crippen MR) is 54.5 cm³/mol. The Hall–Kier alpha value is -1.82. The monoisotopic (exact) mass is 188 g/mol. The van der Waals surface area contributed by atoms with Crippen LogP contribution in [0, 0.1) is 18.8 Å². The van der Waals surface area contributed by atoms with Crippen molar-refractivity contribution >= 4 is 5.91 Å². The molecule has 0 saturated heterocycles. The van der Waals surface area contributed by atoms with Crippen LogP contribution in [0.5, 0.6) is 0 Å². The van der Waals surface area contributed by atoms with Gasteiger partial charge in [-0.05, 0) is 24.5 Å². The van der Waals surface area contributed by atoms with Crippen molar-refractivity contribution in [2.24, 2.45) is 0 Å². The molecular weight excluding hydrogens is 176 g/mol. The molecule has 3 nitrogen and oxygen atoms in total. The van der Waals surface area contributed by atoms with Crippen LogP contribution in [0.3, 0.4) is 0 Å². The largest absolute Gasteiger partial charge is 0.345 e. The number of amides is 1. The van der Waals surface area contributed by atoms with E-state index in [0.29, 0.717) is 6.54 Å². The van der Waals surface area contributed by atoms with E-state index < -0.39 is 0 Å².